The molecular weight excluding hydrogens is 1460 g/mol. The minimum absolute atomic E-state index is 0. The van der Waals surface area contributed by atoms with Crippen LogP contribution < -0.4 is 100 Å². The Balaban J connectivity index is 0.0000233. The van der Waals surface area contributed by atoms with Gasteiger partial charge in [-0.05, 0) is 92.2 Å². The van der Waals surface area contributed by atoms with Gasteiger partial charge in [0.2, 0.25) is 70.9 Å². The van der Waals surface area contributed by atoms with Crippen LogP contribution in [0.4, 0.5) is 0 Å². The Labute approximate surface area is 638 Å². The van der Waals surface area contributed by atoms with Crippen LogP contribution in [0.25, 0.3) is 10.9 Å². The van der Waals surface area contributed by atoms with Gasteiger partial charge in [-0.15, -0.1) is 0 Å². The van der Waals surface area contributed by atoms with E-state index in [0.717, 1.165) is 23.3 Å². The maximum Gasteiger partial charge on any atom is 1.00 e. The van der Waals surface area contributed by atoms with Gasteiger partial charge in [-0.1, -0.05) is 118 Å². The van der Waals surface area contributed by atoms with Gasteiger partial charge in [-0.2, -0.15) is 8.42 Å². The molecular formula is C68H95BrN17NaO17S. The summed E-state index contributed by atoms with van der Waals surface area (Å²) in [5.41, 5.74) is 23.4. The molecule has 5 rings (SSSR count). The summed E-state index contributed by atoms with van der Waals surface area (Å²) >= 11 is 3.39. The number of carbonyl (C=O) groups excluding carboxylic acids is 12. The molecule has 0 bridgehead atoms. The minimum atomic E-state index is -5.26. The van der Waals surface area contributed by atoms with Gasteiger partial charge < -0.3 is 90.5 Å². The number of H-pyrrole nitrogens is 1. The number of aliphatic hydroxyl groups excluding tert-OH is 1. The Morgan fingerprint density at radius 2 is 1.27 bits per heavy atom. The molecule has 4 aromatic rings. The number of guanidine groups is 1. The van der Waals surface area contributed by atoms with E-state index in [4.69, 9.17) is 22.9 Å². The van der Waals surface area contributed by atoms with E-state index in [2.05, 4.69) is 73.4 Å². The first kappa shape index (κ1) is 88.3. The van der Waals surface area contributed by atoms with Gasteiger partial charge in [-0.3, -0.25) is 72.1 Å². The van der Waals surface area contributed by atoms with Crippen LogP contribution >= 0.6 is 15.9 Å². The second-order valence-corrected chi connectivity index (χ2v) is 29.3. The molecule has 2 heterocycles. The summed E-state index contributed by atoms with van der Waals surface area (Å²) in [6.45, 7) is 10.5. The zero-order valence-electron chi connectivity index (χ0n) is 60.1. The molecule has 19 N–H and O–H groups in total. The predicted octanol–water partition coefficient (Wildman–Crippen LogP) is -5.79. The summed E-state index contributed by atoms with van der Waals surface area (Å²) < 4.78 is 36.3. The molecule has 3 aromatic carbocycles. The van der Waals surface area contributed by atoms with Crippen LogP contribution in [0.15, 0.2) is 99.5 Å². The van der Waals surface area contributed by atoms with E-state index >= 15 is 9.59 Å². The number of likely N-dealkylation sites (tertiary alicyclic amines) is 1. The number of fused-ring (bicyclic) bond motifs is 1. The first-order chi connectivity index (χ1) is 48.8. The molecule has 0 unspecified atom stereocenters. The van der Waals surface area contributed by atoms with Gasteiger partial charge in [0.05, 0.1) is 6.10 Å². The van der Waals surface area contributed by atoms with Crippen molar-refractivity contribution < 1.29 is 110 Å². The number of carbonyl (C=O) groups is 12. The van der Waals surface area contributed by atoms with Crippen molar-refractivity contribution in [1.29, 1.82) is 0 Å². The molecule has 1 saturated heterocycles. The molecule has 12 atom stereocenters. The topological polar surface area (TPSA) is 550 Å². The van der Waals surface area contributed by atoms with E-state index in [1.807, 2.05) is 0 Å². The van der Waals surface area contributed by atoms with Gasteiger partial charge in [0.25, 0.3) is 10.1 Å². The molecule has 0 radical (unpaired) electrons. The molecule has 12 amide bonds. The number of rotatable bonds is 38. The fourth-order valence-electron chi connectivity index (χ4n) is 11.5. The van der Waals surface area contributed by atoms with Crippen molar-refractivity contribution in [2.45, 2.75) is 179 Å². The van der Waals surface area contributed by atoms with Crippen LogP contribution in [0.2, 0.25) is 0 Å². The number of nitrogens with zero attached hydrogens (tertiary/aromatic N) is 4. The number of nitrogens with one attached hydrogen (secondary N) is 9. The molecule has 0 aliphatic carbocycles. The normalized spacial score (nSPS) is 16.2. The Bertz CT molecular complexity index is 3890. The third kappa shape index (κ3) is 27.4. The molecule has 0 spiro atoms. The van der Waals surface area contributed by atoms with Crippen molar-refractivity contribution in [3.63, 3.8) is 0 Å². The monoisotopic (exact) mass is 1560 g/mol. The number of hydrogen-bond acceptors (Lipinski definition) is 18. The van der Waals surface area contributed by atoms with Crippen molar-refractivity contribution in [1.82, 2.24) is 57.3 Å². The predicted molar refractivity (Wildman–Crippen MR) is 385 cm³/mol. The SMILES string of the molecule is CC(C)[C@@H](NC(=O)[C@@H]1CCCN1C(=O)[C@H](Cc1ccc(Br)cc1)NC(=O)[C@@H](C)N=C[O-])C(=O)N[C@H](C(=O)N[C@H](Cc1c[nH]c2ccccc12)C(=O)N[C@@H](CCCN=C(N)N)C(=O)N[C@H](CS(=O)(=O)O)C(=O)N[C@H](C(=O)N(C)[C@@H](CCC(N)=O)C(=O)N[C@H](Cc1ccccc1)C(N)=O)[C@@H](C)O)C(C)(C)C.[Na+]. The standard InChI is InChI=1S/C68H96BrN17O17S.Na/c1-36(2)53(82-62(96)51-21-15-29-86(51)65(99)48(80-57(91)37(3)76-35-87)31-40-22-24-42(69)25-23-40)63(97)84-55(68(5,6)7)64(98)79-47(32-41-33-75-44-19-13-12-18-43(41)44)59(93)77-45(20-14-28-74-67(72)73)58(92)81-49(34-104(101,102)103)60(94)83-54(38(4)88)66(100)85(8)50(26-27-52(70)89)61(95)78-46(56(71)90)30-39-16-10-9-11-17-39;/h9-13,16-19,22-25,33,35-38,45-51,53-55,75,88H,14-15,20-21,26-32,34H2,1-8H3,(H2,70,89)(H2,71,90)(H,76,87)(H,77,93)(H,78,95)(H,79,98)(H,80,91)(H,81,92)(H,82,96)(H,83,94)(H,84,97)(H4,72,73,74)(H,101,102,103);/q;+1/p-1/t37-,38-,45+,46-,47-,48+,49-,50+,51+,53-,54+,55-;/m1./s1. The number of nitrogens with two attached hydrogens (primary N) is 4. The quantitative estimate of drug-likeness (QED) is 0.00653. The smallest absolute Gasteiger partial charge is 0.864 e. The van der Waals surface area contributed by atoms with E-state index < -0.39 is 183 Å². The van der Waals surface area contributed by atoms with Crippen molar-refractivity contribution in [3.05, 3.63) is 106 Å². The molecule has 105 heavy (non-hydrogen) atoms. The summed E-state index contributed by atoms with van der Waals surface area (Å²) in [6.07, 6.45) is -1.37. The Morgan fingerprint density at radius 3 is 1.86 bits per heavy atom. The number of amides is 12. The van der Waals surface area contributed by atoms with Gasteiger partial charge >= 0.3 is 29.6 Å². The Morgan fingerprint density at radius 1 is 0.695 bits per heavy atom. The van der Waals surface area contributed by atoms with Crippen molar-refractivity contribution >= 4 is 120 Å². The number of hydrogen-bond donors (Lipinski definition) is 15. The average Bonchev–Trinajstić information content (AvgIpc) is 1.72. The molecule has 34 nitrogen and oxygen atoms in total. The number of aliphatic hydroxyl groups is 1. The molecule has 568 valence electrons. The van der Waals surface area contributed by atoms with E-state index in [0.29, 0.717) is 34.0 Å². The number of aromatic nitrogens is 1. The van der Waals surface area contributed by atoms with Crippen molar-refractivity contribution in [2.24, 2.45) is 44.3 Å². The van der Waals surface area contributed by atoms with Crippen LogP contribution in [0, 0.1) is 11.3 Å². The summed E-state index contributed by atoms with van der Waals surface area (Å²) in [4.78, 5) is 182. The number of para-hydroxylation sites is 1. The fourth-order valence-corrected chi connectivity index (χ4v) is 12.5. The van der Waals surface area contributed by atoms with E-state index in [1.165, 1.54) is 11.8 Å². The van der Waals surface area contributed by atoms with Gasteiger partial charge in [-0.25, -0.2) is 0 Å². The second-order valence-electron chi connectivity index (χ2n) is 26.8. The molecule has 37 heteroatoms. The summed E-state index contributed by atoms with van der Waals surface area (Å²) in [6, 6.07) is 5.15. The van der Waals surface area contributed by atoms with E-state index in [1.54, 1.807) is 120 Å². The number of benzene rings is 3. The van der Waals surface area contributed by atoms with Crippen LogP contribution in [-0.4, -0.2) is 215 Å². The minimum Gasteiger partial charge on any atom is -0.864 e. The van der Waals surface area contributed by atoms with Gasteiger partial charge in [0.1, 0.15) is 72.2 Å². The first-order valence-corrected chi connectivity index (χ1v) is 35.9. The fraction of sp³-hybridized carbons (Fsp3) is 0.500. The second kappa shape index (κ2) is 41.0. The molecule has 1 aromatic heterocycles. The van der Waals surface area contributed by atoms with Crippen LogP contribution in [-0.2, 0) is 86.9 Å². The Kier molecular flexibility index (Phi) is 34.5. The number of halogens is 1. The first-order valence-electron chi connectivity index (χ1n) is 33.5. The maximum atomic E-state index is 15.1. The molecule has 1 aliphatic rings. The maximum absolute atomic E-state index is 15.1. The number of likely N-dealkylation sites (N-methyl/N-ethyl adjacent to an activating group) is 1. The van der Waals surface area contributed by atoms with Crippen LogP contribution in [0.1, 0.15) is 104 Å². The van der Waals surface area contributed by atoms with Crippen molar-refractivity contribution in [2.75, 3.05) is 25.9 Å². The summed E-state index contributed by atoms with van der Waals surface area (Å²) in [5, 5.41) is 43.1. The largest absolute Gasteiger partial charge is 1.00 e. The molecule has 1 fully saturated rings. The van der Waals surface area contributed by atoms with Gasteiger partial charge in [0, 0.05) is 67.4 Å². The van der Waals surface area contributed by atoms with E-state index in [-0.39, 0.29) is 93.5 Å². The van der Waals surface area contributed by atoms with Crippen LogP contribution in [0.3, 0.4) is 0 Å². The number of aromatic amines is 1. The molecule has 1 aliphatic heterocycles. The third-order valence-electron chi connectivity index (χ3n) is 17.2. The average molecular weight is 1560 g/mol. The zero-order chi connectivity index (χ0) is 77.5. The third-order valence-corrected chi connectivity index (χ3v) is 18.5. The molecule has 0 saturated carbocycles. The Hall–Kier alpha value is -9.07. The number of primary amides is 2. The van der Waals surface area contributed by atoms with E-state index in [9.17, 15) is 71.1 Å². The summed E-state index contributed by atoms with van der Waals surface area (Å²) in [5.74, 6) is -14.4. The number of aliphatic imine (C=N–C) groups is 2. The van der Waals surface area contributed by atoms with Gasteiger partial charge in [0.15, 0.2) is 5.96 Å². The van der Waals surface area contributed by atoms with Crippen LogP contribution in [0.5, 0.6) is 0 Å². The zero-order valence-corrected chi connectivity index (χ0v) is 64.5. The van der Waals surface area contributed by atoms with Crippen molar-refractivity contribution in [3.8, 4) is 0 Å². The summed E-state index contributed by atoms with van der Waals surface area (Å²) in [7, 11) is -4.20.